The monoisotopic (exact) mass is 238 g/mol. The number of aliphatic carboxylic acids is 1. The van der Waals surface area contributed by atoms with Gasteiger partial charge in [-0.3, -0.25) is 9.69 Å². The van der Waals surface area contributed by atoms with Gasteiger partial charge in [0.1, 0.15) is 5.76 Å². The average Bonchev–Trinajstić information content (AvgIpc) is 2.68. The first-order valence-electron chi connectivity index (χ1n) is 5.86. The van der Waals surface area contributed by atoms with E-state index in [1.54, 1.807) is 0 Å². The Kier molecular flexibility index (Phi) is 3.19. The molecule has 1 fully saturated rings. The number of aryl methyl sites for hydroxylation is 1. The Balaban J connectivity index is 1.92. The quantitative estimate of drug-likeness (QED) is 0.867. The van der Waals surface area contributed by atoms with E-state index < -0.39 is 11.4 Å². The van der Waals surface area contributed by atoms with Crippen molar-refractivity contribution in [2.24, 2.45) is 5.41 Å². The maximum atomic E-state index is 11.1. The molecule has 0 unspecified atom stereocenters. The topological polar surface area (TPSA) is 66.6 Å². The van der Waals surface area contributed by atoms with Crippen LogP contribution in [-0.2, 0) is 11.3 Å². The van der Waals surface area contributed by atoms with Gasteiger partial charge < -0.3 is 9.52 Å². The molecule has 1 N–H and O–H groups in total. The number of aromatic nitrogens is 1. The summed E-state index contributed by atoms with van der Waals surface area (Å²) in [6.45, 7) is 6.07. The lowest BCUT2D eigenvalue weighted by molar-refractivity contribution is -0.150. The number of oxazole rings is 1. The first kappa shape index (κ1) is 12.1. The summed E-state index contributed by atoms with van der Waals surface area (Å²) >= 11 is 0. The molecular weight excluding hydrogens is 220 g/mol. The molecule has 0 atom stereocenters. The van der Waals surface area contributed by atoms with E-state index in [0.717, 1.165) is 31.1 Å². The summed E-state index contributed by atoms with van der Waals surface area (Å²) in [6.07, 6.45) is 2.84. The van der Waals surface area contributed by atoms with Gasteiger partial charge in [-0.2, -0.15) is 0 Å². The Labute approximate surface area is 100 Å². The number of likely N-dealkylation sites (tertiary alicyclic amines) is 1. The summed E-state index contributed by atoms with van der Waals surface area (Å²) in [4.78, 5) is 17.5. The smallest absolute Gasteiger partial charge is 0.309 e. The average molecular weight is 238 g/mol. The minimum Gasteiger partial charge on any atom is -0.481 e. The lowest BCUT2D eigenvalue weighted by atomic mass is 9.80. The van der Waals surface area contributed by atoms with Gasteiger partial charge in [0, 0.05) is 6.54 Å². The van der Waals surface area contributed by atoms with E-state index in [4.69, 9.17) is 9.52 Å². The third-order valence-corrected chi connectivity index (χ3v) is 3.69. The second-order valence-electron chi connectivity index (χ2n) is 5.00. The maximum absolute atomic E-state index is 11.1. The molecule has 1 saturated heterocycles. The van der Waals surface area contributed by atoms with Gasteiger partial charge in [0.2, 0.25) is 0 Å². The van der Waals surface area contributed by atoms with Crippen molar-refractivity contribution < 1.29 is 14.3 Å². The van der Waals surface area contributed by atoms with Crippen molar-refractivity contribution in [3.05, 3.63) is 17.8 Å². The van der Waals surface area contributed by atoms with Crippen LogP contribution < -0.4 is 0 Å². The molecule has 0 amide bonds. The molecule has 17 heavy (non-hydrogen) atoms. The van der Waals surface area contributed by atoms with E-state index in [2.05, 4.69) is 9.88 Å². The highest BCUT2D eigenvalue weighted by atomic mass is 16.4. The van der Waals surface area contributed by atoms with E-state index in [1.807, 2.05) is 13.8 Å². The van der Waals surface area contributed by atoms with E-state index in [0.29, 0.717) is 12.8 Å². The molecule has 0 spiro atoms. The van der Waals surface area contributed by atoms with Gasteiger partial charge in [0.05, 0.1) is 11.1 Å². The fourth-order valence-electron chi connectivity index (χ4n) is 2.11. The molecule has 0 aromatic carbocycles. The number of carboxylic acids is 1. The fourth-order valence-corrected chi connectivity index (χ4v) is 2.11. The maximum Gasteiger partial charge on any atom is 0.309 e. The third kappa shape index (κ3) is 2.49. The molecule has 0 aliphatic carbocycles. The predicted octanol–water partition coefficient (Wildman–Crippen LogP) is 1.67. The van der Waals surface area contributed by atoms with Crippen molar-refractivity contribution in [1.29, 1.82) is 0 Å². The number of nitrogens with zero attached hydrogens (tertiary/aromatic N) is 2. The summed E-state index contributed by atoms with van der Waals surface area (Å²) in [7, 11) is 0. The van der Waals surface area contributed by atoms with Crippen LogP contribution in [0.3, 0.4) is 0 Å². The number of rotatable bonds is 3. The van der Waals surface area contributed by atoms with Crippen molar-refractivity contribution in [1.82, 2.24) is 9.88 Å². The molecule has 0 radical (unpaired) electrons. The molecule has 2 heterocycles. The van der Waals surface area contributed by atoms with E-state index in [9.17, 15) is 4.79 Å². The fraction of sp³-hybridized carbons (Fsp3) is 0.667. The van der Waals surface area contributed by atoms with Gasteiger partial charge >= 0.3 is 5.97 Å². The van der Waals surface area contributed by atoms with Crippen molar-refractivity contribution in [2.45, 2.75) is 33.2 Å². The summed E-state index contributed by atoms with van der Waals surface area (Å²) in [5, 5.41) is 9.14. The van der Waals surface area contributed by atoms with Gasteiger partial charge in [0.15, 0.2) is 6.39 Å². The van der Waals surface area contributed by atoms with Crippen molar-refractivity contribution in [2.75, 3.05) is 13.1 Å². The second-order valence-corrected chi connectivity index (χ2v) is 5.00. The minimum absolute atomic E-state index is 0.560. The zero-order chi connectivity index (χ0) is 12.5. The highest BCUT2D eigenvalue weighted by Crippen LogP contribution is 2.31. The van der Waals surface area contributed by atoms with Gasteiger partial charge in [-0.25, -0.2) is 4.98 Å². The molecule has 1 aliphatic heterocycles. The molecule has 94 valence electrons. The third-order valence-electron chi connectivity index (χ3n) is 3.69. The van der Waals surface area contributed by atoms with Crippen LogP contribution in [0.25, 0.3) is 0 Å². The van der Waals surface area contributed by atoms with Crippen LogP contribution in [0.4, 0.5) is 0 Å². The van der Waals surface area contributed by atoms with E-state index >= 15 is 0 Å². The number of carbonyl (C=O) groups is 1. The lowest BCUT2D eigenvalue weighted by Gasteiger charge is -2.36. The van der Waals surface area contributed by atoms with Crippen molar-refractivity contribution in [3.8, 4) is 0 Å². The number of hydrogen-bond donors (Lipinski definition) is 1. The molecule has 2 rings (SSSR count). The Bertz CT molecular complexity index is 406. The molecule has 0 bridgehead atoms. The van der Waals surface area contributed by atoms with Crippen LogP contribution in [0, 0.1) is 12.3 Å². The summed E-state index contributed by atoms with van der Waals surface area (Å²) < 4.78 is 5.15. The van der Waals surface area contributed by atoms with Crippen molar-refractivity contribution >= 4 is 5.97 Å². The standard InChI is InChI=1S/C12H18N2O3/c1-9-10(13-8-17-9)7-14-5-3-12(2,4-6-14)11(15)16/h8H,3-7H2,1-2H3,(H,15,16). The van der Waals surface area contributed by atoms with Crippen LogP contribution in [-0.4, -0.2) is 34.0 Å². The largest absolute Gasteiger partial charge is 0.481 e. The Morgan fingerprint density at radius 3 is 2.71 bits per heavy atom. The van der Waals surface area contributed by atoms with Crippen LogP contribution in [0.15, 0.2) is 10.8 Å². The van der Waals surface area contributed by atoms with Crippen LogP contribution in [0.1, 0.15) is 31.2 Å². The number of piperidine rings is 1. The predicted molar refractivity (Wildman–Crippen MR) is 61.5 cm³/mol. The first-order valence-corrected chi connectivity index (χ1v) is 5.86. The molecular formula is C12H18N2O3. The Morgan fingerprint density at radius 1 is 1.59 bits per heavy atom. The highest BCUT2D eigenvalue weighted by molar-refractivity contribution is 5.74. The normalized spacial score (nSPS) is 20.4. The molecule has 0 saturated carbocycles. The lowest BCUT2D eigenvalue weighted by Crippen LogP contribution is -2.42. The zero-order valence-electron chi connectivity index (χ0n) is 10.3. The van der Waals surface area contributed by atoms with Crippen LogP contribution in [0.5, 0.6) is 0 Å². The first-order chi connectivity index (χ1) is 8.01. The second kappa shape index (κ2) is 4.49. The molecule has 1 aliphatic rings. The Morgan fingerprint density at radius 2 is 2.24 bits per heavy atom. The van der Waals surface area contributed by atoms with E-state index in [1.165, 1.54) is 6.39 Å². The van der Waals surface area contributed by atoms with Crippen molar-refractivity contribution in [3.63, 3.8) is 0 Å². The van der Waals surface area contributed by atoms with Gasteiger partial charge in [0.25, 0.3) is 0 Å². The van der Waals surface area contributed by atoms with Gasteiger partial charge in [-0.1, -0.05) is 0 Å². The Hall–Kier alpha value is -1.36. The van der Waals surface area contributed by atoms with E-state index in [-0.39, 0.29) is 0 Å². The van der Waals surface area contributed by atoms with Gasteiger partial charge in [-0.15, -0.1) is 0 Å². The summed E-state index contributed by atoms with van der Waals surface area (Å²) in [5.41, 5.74) is 0.388. The summed E-state index contributed by atoms with van der Waals surface area (Å²) in [5.74, 6) is 0.159. The highest BCUT2D eigenvalue weighted by Gasteiger charge is 2.36. The van der Waals surface area contributed by atoms with Crippen LogP contribution in [0.2, 0.25) is 0 Å². The molecule has 1 aromatic rings. The SMILES string of the molecule is Cc1ocnc1CN1CCC(C)(C(=O)O)CC1. The number of hydrogen-bond acceptors (Lipinski definition) is 4. The molecule has 5 heteroatoms. The summed E-state index contributed by atoms with van der Waals surface area (Å²) in [6, 6.07) is 0. The molecule has 5 nitrogen and oxygen atoms in total. The molecule has 1 aromatic heterocycles. The zero-order valence-corrected chi connectivity index (χ0v) is 10.3. The van der Waals surface area contributed by atoms with Gasteiger partial charge in [-0.05, 0) is 39.8 Å². The number of carboxylic acid groups (broad SMARTS) is 1. The minimum atomic E-state index is -0.685. The van der Waals surface area contributed by atoms with Crippen LogP contribution >= 0.6 is 0 Å².